The number of hydrogen-bond acceptors (Lipinski definition) is 4. The molecule has 0 atom stereocenters. The summed E-state index contributed by atoms with van der Waals surface area (Å²) in [5, 5.41) is 7.80. The summed E-state index contributed by atoms with van der Waals surface area (Å²) in [5.74, 6) is 0.895. The van der Waals surface area contributed by atoms with Crippen molar-refractivity contribution in [3.63, 3.8) is 0 Å². The van der Waals surface area contributed by atoms with Crippen LogP contribution >= 0.6 is 0 Å². The molecule has 0 aliphatic heterocycles. The van der Waals surface area contributed by atoms with E-state index in [1.54, 1.807) is 7.11 Å². The Morgan fingerprint density at radius 3 is 2.78 bits per heavy atom. The molecule has 0 bridgehead atoms. The largest absolute Gasteiger partial charge is 0.493 e. The van der Waals surface area contributed by atoms with Gasteiger partial charge in [0.2, 0.25) is 0 Å². The van der Waals surface area contributed by atoms with E-state index < -0.39 is 0 Å². The SMILES string of the molecule is CCCNCCc1c(OC)cnn1CCN(C)C. The van der Waals surface area contributed by atoms with E-state index in [1.807, 2.05) is 10.9 Å². The first-order valence-corrected chi connectivity index (χ1v) is 6.63. The van der Waals surface area contributed by atoms with E-state index in [2.05, 4.69) is 36.3 Å². The van der Waals surface area contributed by atoms with Gasteiger partial charge in [0, 0.05) is 19.5 Å². The number of rotatable bonds is 9. The van der Waals surface area contributed by atoms with E-state index in [-0.39, 0.29) is 0 Å². The van der Waals surface area contributed by atoms with Crippen LogP contribution in [0.15, 0.2) is 6.20 Å². The number of nitrogens with one attached hydrogen (secondary N) is 1. The fraction of sp³-hybridized carbons (Fsp3) is 0.769. The first kappa shape index (κ1) is 15.0. The van der Waals surface area contributed by atoms with Gasteiger partial charge < -0.3 is 15.0 Å². The summed E-state index contributed by atoms with van der Waals surface area (Å²) in [4.78, 5) is 2.16. The molecule has 0 aliphatic rings. The molecule has 0 unspecified atom stereocenters. The van der Waals surface area contributed by atoms with Crippen molar-refractivity contribution in [2.75, 3.05) is 40.8 Å². The minimum atomic E-state index is 0.895. The van der Waals surface area contributed by atoms with Crippen LogP contribution in [0.2, 0.25) is 0 Å². The first-order chi connectivity index (χ1) is 8.69. The summed E-state index contributed by atoms with van der Waals surface area (Å²) in [5.41, 5.74) is 1.18. The Bertz CT molecular complexity index is 336. The zero-order chi connectivity index (χ0) is 13.4. The minimum absolute atomic E-state index is 0.895. The van der Waals surface area contributed by atoms with Gasteiger partial charge in [0.1, 0.15) is 0 Å². The molecule has 104 valence electrons. The molecular formula is C13H26N4O. The number of aromatic nitrogens is 2. The molecule has 1 heterocycles. The third kappa shape index (κ3) is 4.66. The fourth-order valence-corrected chi connectivity index (χ4v) is 1.81. The molecule has 0 amide bonds. The average Bonchev–Trinajstić information content (AvgIpc) is 2.74. The van der Waals surface area contributed by atoms with Crippen LogP contribution in [-0.2, 0) is 13.0 Å². The molecule has 18 heavy (non-hydrogen) atoms. The van der Waals surface area contributed by atoms with Gasteiger partial charge in [0.15, 0.2) is 5.75 Å². The van der Waals surface area contributed by atoms with Crippen molar-refractivity contribution >= 4 is 0 Å². The second kappa shape index (κ2) is 8.11. The number of hydrogen-bond donors (Lipinski definition) is 1. The van der Waals surface area contributed by atoms with Gasteiger partial charge in [-0.15, -0.1) is 0 Å². The molecule has 0 spiro atoms. The highest BCUT2D eigenvalue weighted by molar-refractivity contribution is 5.25. The van der Waals surface area contributed by atoms with E-state index in [0.29, 0.717) is 0 Å². The van der Waals surface area contributed by atoms with Gasteiger partial charge in [0.05, 0.1) is 25.5 Å². The normalized spacial score (nSPS) is 11.2. The Balaban J connectivity index is 2.57. The van der Waals surface area contributed by atoms with Crippen LogP contribution in [0.25, 0.3) is 0 Å². The second-order valence-corrected chi connectivity index (χ2v) is 4.69. The summed E-state index contributed by atoms with van der Waals surface area (Å²) in [6.07, 6.45) is 3.93. The molecule has 0 saturated carbocycles. The zero-order valence-electron chi connectivity index (χ0n) is 12.1. The van der Waals surface area contributed by atoms with Crippen LogP contribution in [0, 0.1) is 0 Å². The fourth-order valence-electron chi connectivity index (χ4n) is 1.81. The standard InChI is InChI=1S/C13H26N4O/c1-5-7-14-8-6-12-13(18-4)11-15-17(12)10-9-16(2)3/h11,14H,5-10H2,1-4H3. The van der Waals surface area contributed by atoms with Gasteiger partial charge in [-0.1, -0.05) is 6.92 Å². The van der Waals surface area contributed by atoms with Crippen molar-refractivity contribution in [2.24, 2.45) is 0 Å². The minimum Gasteiger partial charge on any atom is -0.493 e. The van der Waals surface area contributed by atoms with Crippen LogP contribution in [0.1, 0.15) is 19.0 Å². The number of nitrogens with zero attached hydrogens (tertiary/aromatic N) is 3. The van der Waals surface area contributed by atoms with Crippen LogP contribution in [-0.4, -0.2) is 55.5 Å². The summed E-state index contributed by atoms with van der Waals surface area (Å²) in [6.45, 7) is 6.10. The van der Waals surface area contributed by atoms with E-state index in [0.717, 1.165) is 44.8 Å². The van der Waals surface area contributed by atoms with Gasteiger partial charge >= 0.3 is 0 Å². The average molecular weight is 254 g/mol. The molecule has 0 radical (unpaired) electrons. The Labute approximate surface area is 110 Å². The zero-order valence-corrected chi connectivity index (χ0v) is 12.1. The lowest BCUT2D eigenvalue weighted by molar-refractivity contribution is 0.365. The van der Waals surface area contributed by atoms with E-state index >= 15 is 0 Å². The van der Waals surface area contributed by atoms with Gasteiger partial charge in [-0.05, 0) is 27.1 Å². The molecule has 0 saturated heterocycles. The number of ether oxygens (including phenoxy) is 1. The highest BCUT2D eigenvalue weighted by atomic mass is 16.5. The van der Waals surface area contributed by atoms with E-state index in [9.17, 15) is 0 Å². The summed E-state index contributed by atoms with van der Waals surface area (Å²) < 4.78 is 7.41. The highest BCUT2D eigenvalue weighted by Crippen LogP contribution is 2.17. The van der Waals surface area contributed by atoms with Crippen molar-refractivity contribution in [2.45, 2.75) is 26.3 Å². The lowest BCUT2D eigenvalue weighted by Crippen LogP contribution is -2.23. The molecule has 0 aromatic carbocycles. The monoisotopic (exact) mass is 254 g/mol. The van der Waals surface area contributed by atoms with Crippen LogP contribution in [0.4, 0.5) is 0 Å². The third-order valence-corrected chi connectivity index (χ3v) is 2.85. The first-order valence-electron chi connectivity index (χ1n) is 6.63. The predicted molar refractivity (Wildman–Crippen MR) is 74.2 cm³/mol. The van der Waals surface area contributed by atoms with E-state index in [1.165, 1.54) is 5.69 Å². The van der Waals surface area contributed by atoms with E-state index in [4.69, 9.17) is 4.74 Å². The van der Waals surface area contributed by atoms with Crippen LogP contribution in [0.5, 0.6) is 5.75 Å². The van der Waals surface area contributed by atoms with Crippen molar-refractivity contribution in [1.29, 1.82) is 0 Å². The van der Waals surface area contributed by atoms with Crippen molar-refractivity contribution < 1.29 is 4.74 Å². The topological polar surface area (TPSA) is 42.3 Å². The Hall–Kier alpha value is -1.07. The molecule has 1 aromatic heterocycles. The second-order valence-electron chi connectivity index (χ2n) is 4.69. The molecule has 0 fully saturated rings. The smallest absolute Gasteiger partial charge is 0.159 e. The van der Waals surface area contributed by atoms with Gasteiger partial charge in [-0.25, -0.2) is 0 Å². The molecule has 1 aromatic rings. The third-order valence-electron chi connectivity index (χ3n) is 2.85. The number of methoxy groups -OCH3 is 1. The molecule has 1 N–H and O–H groups in total. The maximum atomic E-state index is 5.37. The quantitative estimate of drug-likeness (QED) is 0.668. The maximum Gasteiger partial charge on any atom is 0.159 e. The molecule has 1 rings (SSSR count). The maximum absolute atomic E-state index is 5.37. The molecule has 5 heteroatoms. The summed E-state index contributed by atoms with van der Waals surface area (Å²) >= 11 is 0. The lowest BCUT2D eigenvalue weighted by atomic mass is 10.3. The molecule has 0 aliphatic carbocycles. The van der Waals surface area contributed by atoms with Gasteiger partial charge in [0.25, 0.3) is 0 Å². The van der Waals surface area contributed by atoms with Crippen molar-refractivity contribution in [3.05, 3.63) is 11.9 Å². The Kier molecular flexibility index (Phi) is 6.75. The summed E-state index contributed by atoms with van der Waals surface area (Å²) in [6, 6.07) is 0. The Morgan fingerprint density at radius 2 is 2.17 bits per heavy atom. The van der Waals surface area contributed by atoms with Gasteiger partial charge in [-0.2, -0.15) is 5.10 Å². The Morgan fingerprint density at radius 1 is 1.39 bits per heavy atom. The number of likely N-dealkylation sites (N-methyl/N-ethyl adjacent to an activating group) is 1. The summed E-state index contributed by atoms with van der Waals surface area (Å²) in [7, 11) is 5.85. The lowest BCUT2D eigenvalue weighted by Gasteiger charge is -2.13. The molecular weight excluding hydrogens is 228 g/mol. The van der Waals surface area contributed by atoms with Crippen molar-refractivity contribution in [3.8, 4) is 5.75 Å². The van der Waals surface area contributed by atoms with Crippen LogP contribution in [0.3, 0.4) is 0 Å². The van der Waals surface area contributed by atoms with Crippen molar-refractivity contribution in [1.82, 2.24) is 20.0 Å². The van der Waals surface area contributed by atoms with Gasteiger partial charge in [-0.3, -0.25) is 4.68 Å². The predicted octanol–water partition coefficient (Wildman–Crippen LogP) is 0.995. The molecule has 5 nitrogen and oxygen atoms in total. The highest BCUT2D eigenvalue weighted by Gasteiger charge is 2.10. The van der Waals surface area contributed by atoms with Crippen LogP contribution < -0.4 is 10.1 Å².